The van der Waals surface area contributed by atoms with Gasteiger partial charge in [0.05, 0.1) is 31.0 Å². The quantitative estimate of drug-likeness (QED) is 0.749. The topological polar surface area (TPSA) is 65.8 Å². The summed E-state index contributed by atoms with van der Waals surface area (Å²) < 4.78 is 6.06. The molecule has 146 valence electrons. The first-order valence-corrected chi connectivity index (χ1v) is 9.76. The van der Waals surface area contributed by atoms with Gasteiger partial charge in [-0.1, -0.05) is 42.5 Å². The number of hydrogen-bond acceptors (Lipinski definition) is 4. The Morgan fingerprint density at radius 1 is 1.03 bits per heavy atom. The van der Waals surface area contributed by atoms with Crippen molar-refractivity contribution in [3.63, 3.8) is 0 Å². The Labute approximate surface area is 168 Å². The molecule has 0 atom stereocenters. The molecule has 0 spiro atoms. The van der Waals surface area contributed by atoms with Gasteiger partial charge in [-0.05, 0) is 30.2 Å². The number of rotatable bonds is 3. The van der Waals surface area contributed by atoms with Gasteiger partial charge in [-0.3, -0.25) is 9.59 Å². The molecule has 6 nitrogen and oxygen atoms in total. The molecular weight excluding hydrogens is 366 g/mol. The summed E-state index contributed by atoms with van der Waals surface area (Å²) in [6.45, 7) is 1.47. The van der Waals surface area contributed by atoms with Crippen molar-refractivity contribution in [2.24, 2.45) is 0 Å². The first-order valence-electron chi connectivity index (χ1n) is 9.76. The average molecular weight is 387 g/mol. The monoisotopic (exact) mass is 387 g/mol. The van der Waals surface area contributed by atoms with Gasteiger partial charge in [0.2, 0.25) is 11.8 Å². The lowest BCUT2D eigenvalue weighted by atomic mass is 10.1. The smallest absolute Gasteiger partial charge is 0.243 e. The van der Waals surface area contributed by atoms with E-state index in [0.29, 0.717) is 13.1 Å². The molecule has 2 aliphatic rings. The molecule has 1 N–H and O–H groups in total. The van der Waals surface area contributed by atoms with Crippen LogP contribution in [-0.4, -0.2) is 36.3 Å². The summed E-state index contributed by atoms with van der Waals surface area (Å²) >= 11 is 0. The predicted molar refractivity (Wildman–Crippen MR) is 111 cm³/mol. The highest BCUT2D eigenvalue weighted by atomic mass is 16.3. The predicted octanol–water partition coefficient (Wildman–Crippen LogP) is 3.29. The fourth-order valence-electron chi connectivity index (χ4n) is 3.98. The van der Waals surface area contributed by atoms with Crippen LogP contribution in [0.4, 0.5) is 11.4 Å². The van der Waals surface area contributed by atoms with Crippen molar-refractivity contribution < 1.29 is 14.0 Å². The number of amides is 2. The Balaban J connectivity index is 1.32. The van der Waals surface area contributed by atoms with Gasteiger partial charge < -0.3 is 19.5 Å². The molecule has 0 bridgehead atoms. The van der Waals surface area contributed by atoms with Crippen LogP contribution < -0.4 is 10.2 Å². The molecule has 0 saturated carbocycles. The number of nitrogens with zero attached hydrogens (tertiary/aromatic N) is 2. The zero-order chi connectivity index (χ0) is 19.8. The summed E-state index contributed by atoms with van der Waals surface area (Å²) in [5.41, 5.74) is 3.82. The van der Waals surface area contributed by atoms with Crippen molar-refractivity contribution in [2.75, 3.05) is 29.9 Å². The Morgan fingerprint density at radius 3 is 2.69 bits per heavy atom. The molecule has 29 heavy (non-hydrogen) atoms. The van der Waals surface area contributed by atoms with Crippen LogP contribution in [0.3, 0.4) is 0 Å². The van der Waals surface area contributed by atoms with Crippen LogP contribution in [0.1, 0.15) is 11.3 Å². The van der Waals surface area contributed by atoms with Crippen LogP contribution in [0.15, 0.2) is 65.1 Å². The van der Waals surface area contributed by atoms with Gasteiger partial charge in [0, 0.05) is 12.1 Å². The molecule has 0 saturated heterocycles. The lowest BCUT2D eigenvalue weighted by Gasteiger charge is -2.33. The van der Waals surface area contributed by atoms with Gasteiger partial charge in [0.15, 0.2) is 0 Å². The van der Waals surface area contributed by atoms with Gasteiger partial charge in [-0.25, -0.2) is 0 Å². The third-order valence-corrected chi connectivity index (χ3v) is 5.47. The maximum atomic E-state index is 13.0. The summed E-state index contributed by atoms with van der Waals surface area (Å²) in [4.78, 5) is 28.6. The molecule has 5 rings (SSSR count). The Kier molecular flexibility index (Phi) is 4.31. The highest BCUT2D eigenvalue weighted by Crippen LogP contribution is 2.31. The van der Waals surface area contributed by atoms with Gasteiger partial charge in [0.1, 0.15) is 11.5 Å². The third-order valence-electron chi connectivity index (χ3n) is 5.47. The second kappa shape index (κ2) is 7.13. The van der Waals surface area contributed by atoms with Crippen molar-refractivity contribution in [1.29, 1.82) is 0 Å². The molecule has 3 aromatic rings. The largest absolute Gasteiger partial charge is 0.459 e. The van der Waals surface area contributed by atoms with Crippen molar-refractivity contribution in [2.45, 2.75) is 13.0 Å². The fraction of sp³-hybridized carbons (Fsp3) is 0.217. The summed E-state index contributed by atoms with van der Waals surface area (Å²) in [7, 11) is 0. The highest BCUT2D eigenvalue weighted by molar-refractivity contribution is 6.02. The van der Waals surface area contributed by atoms with Gasteiger partial charge in [-0.15, -0.1) is 0 Å². The number of carbonyl (C=O) groups excluding carboxylic acids is 2. The normalized spacial score (nSPS) is 15.5. The minimum Gasteiger partial charge on any atom is -0.459 e. The van der Waals surface area contributed by atoms with Crippen LogP contribution in [-0.2, 0) is 22.6 Å². The number of nitrogens with one attached hydrogen (secondary N) is 1. The molecular formula is C23H21N3O3. The first kappa shape index (κ1) is 17.6. The Morgan fingerprint density at radius 2 is 1.83 bits per heavy atom. The summed E-state index contributed by atoms with van der Waals surface area (Å²) in [5.74, 6) is 1.58. The molecule has 0 aliphatic carbocycles. The Bertz CT molecular complexity index is 1070. The Hall–Kier alpha value is -3.54. The van der Waals surface area contributed by atoms with Gasteiger partial charge in [0.25, 0.3) is 0 Å². The highest BCUT2D eigenvalue weighted by Gasteiger charge is 2.28. The number of furan rings is 1. The minimum absolute atomic E-state index is 0.00202. The lowest BCUT2D eigenvalue weighted by molar-refractivity contribution is -0.130. The fourth-order valence-corrected chi connectivity index (χ4v) is 3.98. The van der Waals surface area contributed by atoms with Crippen LogP contribution in [0.5, 0.6) is 0 Å². The number of anilines is 2. The van der Waals surface area contributed by atoms with E-state index in [1.807, 2.05) is 64.4 Å². The molecule has 2 amide bonds. The number of fused-ring (bicyclic) bond motifs is 2. The van der Waals surface area contributed by atoms with E-state index in [1.165, 1.54) is 0 Å². The SMILES string of the molecule is O=C1CN(CC(=O)N2CCc3cc(-c4ccccc4)oc3C2)c2ccccc2N1. The van der Waals surface area contributed by atoms with Gasteiger partial charge in [-0.2, -0.15) is 0 Å². The zero-order valence-corrected chi connectivity index (χ0v) is 15.9. The summed E-state index contributed by atoms with van der Waals surface area (Å²) in [5, 5.41) is 2.85. The van der Waals surface area contributed by atoms with E-state index in [-0.39, 0.29) is 24.9 Å². The van der Waals surface area contributed by atoms with E-state index in [0.717, 1.165) is 40.4 Å². The average Bonchev–Trinajstić information content (AvgIpc) is 3.17. The van der Waals surface area contributed by atoms with Crippen LogP contribution >= 0.6 is 0 Å². The number of para-hydroxylation sites is 2. The van der Waals surface area contributed by atoms with Crippen LogP contribution in [0, 0.1) is 0 Å². The number of carbonyl (C=O) groups is 2. The molecule has 1 aromatic heterocycles. The zero-order valence-electron chi connectivity index (χ0n) is 15.9. The lowest BCUT2D eigenvalue weighted by Crippen LogP contribution is -2.46. The minimum atomic E-state index is -0.101. The van der Waals surface area contributed by atoms with E-state index in [9.17, 15) is 9.59 Å². The number of hydrogen-bond donors (Lipinski definition) is 1. The van der Waals surface area contributed by atoms with E-state index in [4.69, 9.17) is 4.42 Å². The van der Waals surface area contributed by atoms with Crippen molar-refractivity contribution in [3.05, 3.63) is 72.0 Å². The molecule has 0 radical (unpaired) electrons. The second-order valence-electron chi connectivity index (χ2n) is 7.41. The second-order valence-corrected chi connectivity index (χ2v) is 7.41. The molecule has 0 unspecified atom stereocenters. The molecule has 6 heteroatoms. The van der Waals surface area contributed by atoms with Crippen molar-refractivity contribution in [1.82, 2.24) is 4.90 Å². The van der Waals surface area contributed by atoms with Crippen molar-refractivity contribution >= 4 is 23.2 Å². The third kappa shape index (κ3) is 3.38. The van der Waals surface area contributed by atoms with Crippen LogP contribution in [0.2, 0.25) is 0 Å². The first-order chi connectivity index (χ1) is 14.2. The molecule has 0 fully saturated rings. The van der Waals surface area contributed by atoms with Crippen molar-refractivity contribution in [3.8, 4) is 11.3 Å². The van der Waals surface area contributed by atoms with Gasteiger partial charge >= 0.3 is 0 Å². The summed E-state index contributed by atoms with van der Waals surface area (Å²) in [6.07, 6.45) is 0.772. The standard InChI is InChI=1S/C23H21N3O3/c27-22-14-26(19-9-5-4-8-18(19)24-22)15-23(28)25-11-10-17-12-20(29-21(17)13-25)16-6-2-1-3-7-16/h1-9,12H,10-11,13-15H2,(H,24,27). The van der Waals surface area contributed by atoms with E-state index in [2.05, 4.69) is 11.4 Å². The van der Waals surface area contributed by atoms with Crippen LogP contribution in [0.25, 0.3) is 11.3 Å². The molecule has 2 aromatic carbocycles. The summed E-state index contributed by atoms with van der Waals surface area (Å²) in [6, 6.07) is 19.6. The maximum absolute atomic E-state index is 13.0. The van der Waals surface area contributed by atoms with E-state index < -0.39 is 0 Å². The maximum Gasteiger partial charge on any atom is 0.243 e. The number of benzene rings is 2. The van der Waals surface area contributed by atoms with E-state index >= 15 is 0 Å². The van der Waals surface area contributed by atoms with E-state index in [1.54, 1.807) is 0 Å². The molecule has 2 aliphatic heterocycles. The molecule has 3 heterocycles.